The molecule has 2 aliphatic carbocycles. The molecule has 1 spiro atoms. The van der Waals surface area contributed by atoms with E-state index in [0.29, 0.717) is 6.42 Å². The number of nitrogens with one attached hydrogen (secondary N) is 1. The van der Waals surface area contributed by atoms with Gasteiger partial charge in [-0.25, -0.2) is 4.79 Å². The van der Waals surface area contributed by atoms with Crippen LogP contribution in [-0.2, 0) is 4.79 Å². The first-order valence-corrected chi connectivity index (χ1v) is 9.59. The number of nitrogens with zero attached hydrogens (tertiary/aromatic N) is 1. The Morgan fingerprint density at radius 3 is 2.62 bits per heavy atom. The fourth-order valence-electron chi connectivity index (χ4n) is 5.49. The van der Waals surface area contributed by atoms with Crippen molar-refractivity contribution in [2.24, 2.45) is 22.7 Å². The first-order chi connectivity index (χ1) is 12.3. The number of carboxylic acids is 1. The molecule has 6 nitrogen and oxygen atoms in total. The maximum atomic E-state index is 12.9. The van der Waals surface area contributed by atoms with Crippen molar-refractivity contribution in [3.8, 4) is 0 Å². The van der Waals surface area contributed by atoms with E-state index >= 15 is 0 Å². The highest BCUT2D eigenvalue weighted by Crippen LogP contribution is 2.60. The molecule has 1 saturated heterocycles. The normalized spacial score (nSPS) is 32.1. The Morgan fingerprint density at radius 1 is 1.38 bits per heavy atom. The summed E-state index contributed by atoms with van der Waals surface area (Å²) in [5.41, 5.74) is -0.105. The van der Waals surface area contributed by atoms with Crippen molar-refractivity contribution in [3.05, 3.63) is 24.2 Å². The Labute approximate surface area is 153 Å². The molecule has 2 N–H and O–H groups in total. The number of likely N-dealkylation sites (tertiary alicyclic amines) is 1. The van der Waals surface area contributed by atoms with Crippen LogP contribution in [0.3, 0.4) is 0 Å². The highest BCUT2D eigenvalue weighted by Gasteiger charge is 2.60. The van der Waals surface area contributed by atoms with Crippen molar-refractivity contribution in [3.63, 3.8) is 0 Å². The Morgan fingerprint density at radius 2 is 2.12 bits per heavy atom. The average molecular weight is 360 g/mol. The van der Waals surface area contributed by atoms with Gasteiger partial charge in [-0.15, -0.1) is 0 Å². The summed E-state index contributed by atoms with van der Waals surface area (Å²) < 4.78 is 5.62. The minimum Gasteiger partial charge on any atom is -0.481 e. The number of hydrogen-bond donors (Lipinski definition) is 2. The maximum Gasteiger partial charge on any atom is 0.318 e. The van der Waals surface area contributed by atoms with E-state index in [1.54, 1.807) is 6.26 Å². The van der Waals surface area contributed by atoms with Crippen LogP contribution in [0, 0.1) is 22.7 Å². The van der Waals surface area contributed by atoms with Crippen LogP contribution in [0.25, 0.3) is 0 Å². The van der Waals surface area contributed by atoms with Gasteiger partial charge in [-0.3, -0.25) is 4.79 Å². The number of rotatable bonds is 4. The monoisotopic (exact) mass is 360 g/mol. The van der Waals surface area contributed by atoms with Crippen molar-refractivity contribution in [2.75, 3.05) is 6.54 Å². The van der Waals surface area contributed by atoms with Crippen LogP contribution in [0.4, 0.5) is 4.79 Å². The zero-order valence-corrected chi connectivity index (χ0v) is 15.7. The molecule has 26 heavy (non-hydrogen) atoms. The van der Waals surface area contributed by atoms with E-state index in [-0.39, 0.29) is 40.8 Å². The van der Waals surface area contributed by atoms with E-state index in [2.05, 4.69) is 5.32 Å². The molecule has 142 valence electrons. The van der Waals surface area contributed by atoms with E-state index in [4.69, 9.17) is 4.42 Å². The molecule has 1 aromatic rings. The molecule has 0 aromatic carbocycles. The lowest BCUT2D eigenvalue weighted by Gasteiger charge is -2.61. The van der Waals surface area contributed by atoms with Crippen molar-refractivity contribution in [1.82, 2.24) is 10.2 Å². The summed E-state index contributed by atoms with van der Waals surface area (Å²) in [4.78, 5) is 26.1. The zero-order valence-electron chi connectivity index (χ0n) is 15.7. The van der Waals surface area contributed by atoms with Gasteiger partial charge in [-0.1, -0.05) is 20.3 Å². The molecule has 1 aliphatic heterocycles. The third kappa shape index (κ3) is 2.37. The first-order valence-electron chi connectivity index (χ1n) is 9.59. The molecule has 4 rings (SSSR count). The van der Waals surface area contributed by atoms with E-state index in [1.807, 2.05) is 37.8 Å². The average Bonchev–Trinajstić information content (AvgIpc) is 2.96. The third-order valence-corrected chi connectivity index (χ3v) is 7.40. The van der Waals surface area contributed by atoms with E-state index in [1.165, 1.54) is 6.42 Å². The second kappa shape index (κ2) is 5.76. The lowest BCUT2D eigenvalue weighted by molar-refractivity contribution is -0.160. The van der Waals surface area contributed by atoms with Crippen molar-refractivity contribution in [1.29, 1.82) is 0 Å². The maximum absolute atomic E-state index is 12.9. The van der Waals surface area contributed by atoms with Crippen LogP contribution < -0.4 is 5.32 Å². The molecule has 2 unspecified atom stereocenters. The van der Waals surface area contributed by atoms with Crippen molar-refractivity contribution >= 4 is 12.0 Å². The number of carboxylic acid groups (broad SMARTS) is 1. The van der Waals surface area contributed by atoms with Crippen molar-refractivity contribution in [2.45, 2.75) is 58.5 Å². The van der Waals surface area contributed by atoms with Gasteiger partial charge in [-0.05, 0) is 49.7 Å². The number of furan rings is 1. The molecule has 3 fully saturated rings. The van der Waals surface area contributed by atoms with Crippen LogP contribution in [0.1, 0.15) is 58.3 Å². The number of aliphatic carboxylic acids is 1. The lowest BCUT2D eigenvalue weighted by atomic mass is 9.52. The van der Waals surface area contributed by atoms with Crippen LogP contribution in [0.15, 0.2) is 22.8 Å². The fraction of sp³-hybridized carbons (Fsp3) is 0.700. The van der Waals surface area contributed by atoms with Crippen LogP contribution in [0.2, 0.25) is 0 Å². The molecule has 4 atom stereocenters. The smallest absolute Gasteiger partial charge is 0.318 e. The molecule has 0 bridgehead atoms. The highest BCUT2D eigenvalue weighted by molar-refractivity contribution is 5.77. The molecule has 3 aliphatic rings. The Bertz CT molecular complexity index is 707. The second-order valence-electron chi connectivity index (χ2n) is 9.05. The quantitative estimate of drug-likeness (QED) is 0.858. The largest absolute Gasteiger partial charge is 0.481 e. The highest BCUT2D eigenvalue weighted by atomic mass is 16.4. The molecule has 1 aromatic heterocycles. The minimum atomic E-state index is -0.739. The predicted molar refractivity (Wildman–Crippen MR) is 95.4 cm³/mol. The molecular weight excluding hydrogens is 332 g/mol. The Kier molecular flexibility index (Phi) is 3.86. The molecule has 6 heteroatoms. The molecule has 2 amide bonds. The topological polar surface area (TPSA) is 82.8 Å². The van der Waals surface area contributed by atoms with Gasteiger partial charge in [0.15, 0.2) is 0 Å². The van der Waals surface area contributed by atoms with Crippen LogP contribution in [-0.4, -0.2) is 34.6 Å². The zero-order chi connectivity index (χ0) is 18.7. The first kappa shape index (κ1) is 17.4. The summed E-state index contributed by atoms with van der Waals surface area (Å²) in [5.74, 6) is -0.0236. The van der Waals surface area contributed by atoms with Gasteiger partial charge in [0.05, 0.1) is 18.2 Å². The standard InChI is InChI=1S/C20H28N2O4/c1-12(13-10-14(17(23)24)19(13,2)3)21-18(25)22-11-20(7-5-8-20)16(22)15-6-4-9-26-15/h4,6,9,12-14,16H,5,7-8,10-11H2,1-3H3,(H,21,25)(H,23,24)/t12?,13-,14+,16?/m0/s1. The van der Waals surface area contributed by atoms with Gasteiger partial charge in [-0.2, -0.15) is 0 Å². The van der Waals surface area contributed by atoms with E-state index in [0.717, 1.165) is 25.1 Å². The van der Waals surface area contributed by atoms with Gasteiger partial charge < -0.3 is 19.7 Å². The fourth-order valence-corrected chi connectivity index (χ4v) is 5.49. The molecule has 2 saturated carbocycles. The minimum absolute atomic E-state index is 0.0274. The predicted octanol–water partition coefficient (Wildman–Crippen LogP) is 3.65. The lowest BCUT2D eigenvalue weighted by Crippen LogP contribution is -2.66. The molecule has 0 radical (unpaired) electrons. The van der Waals surface area contributed by atoms with Gasteiger partial charge in [0.25, 0.3) is 0 Å². The van der Waals surface area contributed by atoms with Gasteiger partial charge >= 0.3 is 12.0 Å². The van der Waals surface area contributed by atoms with Gasteiger partial charge in [0.2, 0.25) is 0 Å². The SMILES string of the molecule is CC(NC(=O)N1CC2(CCC2)C1c1ccco1)[C@@H]1C[C@H](C(=O)O)C1(C)C. The number of amides is 2. The summed E-state index contributed by atoms with van der Waals surface area (Å²) in [7, 11) is 0. The summed E-state index contributed by atoms with van der Waals surface area (Å²) in [6.07, 6.45) is 5.80. The molecular formula is C20H28N2O4. The van der Waals surface area contributed by atoms with E-state index < -0.39 is 5.97 Å². The summed E-state index contributed by atoms with van der Waals surface area (Å²) >= 11 is 0. The third-order valence-electron chi connectivity index (χ3n) is 7.40. The Hall–Kier alpha value is -1.98. The number of carbonyl (C=O) groups excluding carboxylic acids is 1. The van der Waals surface area contributed by atoms with Crippen LogP contribution >= 0.6 is 0 Å². The van der Waals surface area contributed by atoms with Crippen molar-refractivity contribution < 1.29 is 19.1 Å². The number of hydrogen-bond acceptors (Lipinski definition) is 3. The summed E-state index contributed by atoms with van der Waals surface area (Å²) in [6.45, 7) is 6.74. The summed E-state index contributed by atoms with van der Waals surface area (Å²) in [5, 5.41) is 12.4. The van der Waals surface area contributed by atoms with Gasteiger partial charge in [0, 0.05) is 18.0 Å². The number of carbonyl (C=O) groups is 2. The van der Waals surface area contributed by atoms with E-state index in [9.17, 15) is 14.7 Å². The Balaban J connectivity index is 1.42. The van der Waals surface area contributed by atoms with Gasteiger partial charge in [0.1, 0.15) is 5.76 Å². The number of urea groups is 1. The summed E-state index contributed by atoms with van der Waals surface area (Å²) in [6, 6.07) is 3.75. The second-order valence-corrected chi connectivity index (χ2v) is 9.05. The molecule has 2 heterocycles. The van der Waals surface area contributed by atoms with Crippen LogP contribution in [0.5, 0.6) is 0 Å².